The Labute approximate surface area is 117 Å². The second-order valence-corrected chi connectivity index (χ2v) is 7.17. The van der Waals surface area contributed by atoms with Crippen molar-refractivity contribution < 1.29 is 8.42 Å². The fourth-order valence-corrected chi connectivity index (χ4v) is 2.74. The van der Waals surface area contributed by atoms with Gasteiger partial charge in [-0.2, -0.15) is 0 Å². The van der Waals surface area contributed by atoms with E-state index in [2.05, 4.69) is 26.1 Å². The van der Waals surface area contributed by atoms with E-state index in [1.807, 2.05) is 12.1 Å². The van der Waals surface area contributed by atoms with Gasteiger partial charge in [0.15, 0.2) is 9.84 Å². The summed E-state index contributed by atoms with van der Waals surface area (Å²) in [5.41, 5.74) is 1.16. The molecule has 0 fully saturated rings. The average molecular weight is 283 g/mol. The van der Waals surface area contributed by atoms with E-state index in [1.54, 1.807) is 12.1 Å². The summed E-state index contributed by atoms with van der Waals surface area (Å²) < 4.78 is 22.9. The average Bonchev–Trinajstić information content (AvgIpc) is 2.38. The molecule has 2 atom stereocenters. The first-order valence-electron chi connectivity index (χ1n) is 6.93. The standard InChI is InChI=1S/C15H25NO2S/c1-5-11-16-15(12(3)6-2)13-7-9-14(10-8-13)19(4,17)18/h7-10,12,15-16H,5-6,11H2,1-4H3. The number of hydrogen-bond acceptors (Lipinski definition) is 3. The van der Waals surface area contributed by atoms with Crippen LogP contribution in [-0.4, -0.2) is 21.2 Å². The van der Waals surface area contributed by atoms with Crippen LogP contribution in [0.2, 0.25) is 0 Å². The van der Waals surface area contributed by atoms with E-state index in [0.29, 0.717) is 16.9 Å². The van der Waals surface area contributed by atoms with Gasteiger partial charge in [-0.1, -0.05) is 39.3 Å². The van der Waals surface area contributed by atoms with E-state index in [-0.39, 0.29) is 0 Å². The molecule has 0 radical (unpaired) electrons. The van der Waals surface area contributed by atoms with Crippen molar-refractivity contribution in [2.75, 3.05) is 12.8 Å². The van der Waals surface area contributed by atoms with E-state index in [1.165, 1.54) is 6.26 Å². The highest BCUT2D eigenvalue weighted by Gasteiger charge is 2.17. The molecular formula is C15H25NO2S. The molecule has 1 rings (SSSR count). The molecule has 3 nitrogen and oxygen atoms in total. The summed E-state index contributed by atoms with van der Waals surface area (Å²) in [6.45, 7) is 7.52. The Hall–Kier alpha value is -0.870. The van der Waals surface area contributed by atoms with Crippen LogP contribution in [0.15, 0.2) is 29.2 Å². The van der Waals surface area contributed by atoms with Gasteiger partial charge in [0.2, 0.25) is 0 Å². The number of sulfone groups is 1. The third-order valence-corrected chi connectivity index (χ3v) is 4.62. The zero-order valence-electron chi connectivity index (χ0n) is 12.3. The number of hydrogen-bond donors (Lipinski definition) is 1. The Morgan fingerprint density at radius 2 is 1.74 bits per heavy atom. The van der Waals surface area contributed by atoms with Gasteiger partial charge in [0.05, 0.1) is 4.90 Å². The van der Waals surface area contributed by atoms with Crippen LogP contribution in [0.25, 0.3) is 0 Å². The van der Waals surface area contributed by atoms with Gasteiger partial charge < -0.3 is 5.32 Å². The van der Waals surface area contributed by atoms with Crippen molar-refractivity contribution >= 4 is 9.84 Å². The lowest BCUT2D eigenvalue weighted by molar-refractivity contribution is 0.377. The van der Waals surface area contributed by atoms with Crippen molar-refractivity contribution in [1.29, 1.82) is 0 Å². The molecule has 2 unspecified atom stereocenters. The molecule has 0 aliphatic rings. The predicted octanol–water partition coefficient (Wildman–Crippen LogP) is 3.18. The molecule has 4 heteroatoms. The Balaban J connectivity index is 2.96. The highest BCUT2D eigenvalue weighted by Crippen LogP contribution is 2.25. The molecule has 0 spiro atoms. The van der Waals surface area contributed by atoms with Crippen LogP contribution in [-0.2, 0) is 9.84 Å². The minimum absolute atomic E-state index is 0.290. The first kappa shape index (κ1) is 16.2. The summed E-state index contributed by atoms with van der Waals surface area (Å²) in [6.07, 6.45) is 3.42. The van der Waals surface area contributed by atoms with E-state index in [0.717, 1.165) is 24.9 Å². The molecule has 1 aromatic rings. The minimum Gasteiger partial charge on any atom is -0.310 e. The van der Waals surface area contributed by atoms with Crippen molar-refractivity contribution in [3.63, 3.8) is 0 Å². The van der Waals surface area contributed by atoms with Crippen LogP contribution < -0.4 is 5.32 Å². The molecule has 19 heavy (non-hydrogen) atoms. The lowest BCUT2D eigenvalue weighted by Crippen LogP contribution is -2.27. The molecule has 0 amide bonds. The van der Waals surface area contributed by atoms with Crippen LogP contribution in [0, 0.1) is 5.92 Å². The van der Waals surface area contributed by atoms with Crippen molar-refractivity contribution in [3.05, 3.63) is 29.8 Å². The summed E-state index contributed by atoms with van der Waals surface area (Å²) in [6, 6.07) is 7.55. The van der Waals surface area contributed by atoms with Gasteiger partial charge in [-0.05, 0) is 36.6 Å². The Kier molecular flexibility index (Phi) is 6.01. The van der Waals surface area contributed by atoms with Gasteiger partial charge in [0.1, 0.15) is 0 Å². The maximum absolute atomic E-state index is 11.5. The zero-order chi connectivity index (χ0) is 14.5. The first-order chi connectivity index (χ1) is 8.90. The normalized spacial score (nSPS) is 15.2. The molecule has 108 valence electrons. The SMILES string of the molecule is CCCNC(c1ccc(S(C)(=O)=O)cc1)C(C)CC. The fraction of sp³-hybridized carbons (Fsp3) is 0.600. The number of benzene rings is 1. The maximum Gasteiger partial charge on any atom is 0.175 e. The van der Waals surface area contributed by atoms with Crippen LogP contribution in [0.1, 0.15) is 45.2 Å². The second-order valence-electron chi connectivity index (χ2n) is 5.16. The van der Waals surface area contributed by atoms with Crippen LogP contribution in [0.5, 0.6) is 0 Å². The molecule has 0 aliphatic heterocycles. The van der Waals surface area contributed by atoms with E-state index >= 15 is 0 Å². The highest BCUT2D eigenvalue weighted by atomic mass is 32.2. The lowest BCUT2D eigenvalue weighted by Gasteiger charge is -2.25. The molecule has 0 heterocycles. The first-order valence-corrected chi connectivity index (χ1v) is 8.82. The van der Waals surface area contributed by atoms with Gasteiger partial charge in [-0.25, -0.2) is 8.42 Å². The van der Waals surface area contributed by atoms with Crippen molar-refractivity contribution in [2.24, 2.45) is 5.92 Å². The van der Waals surface area contributed by atoms with E-state index in [9.17, 15) is 8.42 Å². The Morgan fingerprint density at radius 3 is 2.16 bits per heavy atom. The van der Waals surface area contributed by atoms with Crippen LogP contribution in [0.3, 0.4) is 0 Å². The highest BCUT2D eigenvalue weighted by molar-refractivity contribution is 7.90. The Bertz CT molecular complexity index is 479. The monoisotopic (exact) mass is 283 g/mol. The summed E-state index contributed by atoms with van der Waals surface area (Å²) in [5, 5.41) is 3.55. The molecule has 0 saturated heterocycles. The van der Waals surface area contributed by atoms with Crippen molar-refractivity contribution in [1.82, 2.24) is 5.32 Å². The second kappa shape index (κ2) is 7.06. The number of nitrogens with one attached hydrogen (secondary N) is 1. The third kappa shape index (κ3) is 4.62. The molecule has 0 saturated carbocycles. The predicted molar refractivity (Wildman–Crippen MR) is 80.0 cm³/mol. The van der Waals surface area contributed by atoms with Gasteiger partial charge in [-0.3, -0.25) is 0 Å². The van der Waals surface area contributed by atoms with Crippen molar-refractivity contribution in [2.45, 2.75) is 44.6 Å². The molecule has 0 aromatic heterocycles. The quantitative estimate of drug-likeness (QED) is 0.836. The molecule has 0 aliphatic carbocycles. The molecule has 1 N–H and O–H groups in total. The largest absolute Gasteiger partial charge is 0.310 e. The lowest BCUT2D eigenvalue weighted by atomic mass is 9.92. The Morgan fingerprint density at radius 1 is 1.16 bits per heavy atom. The van der Waals surface area contributed by atoms with Crippen LogP contribution >= 0.6 is 0 Å². The minimum atomic E-state index is -3.11. The van der Waals surface area contributed by atoms with Crippen LogP contribution in [0.4, 0.5) is 0 Å². The molecular weight excluding hydrogens is 258 g/mol. The van der Waals surface area contributed by atoms with Crippen molar-refractivity contribution in [3.8, 4) is 0 Å². The summed E-state index contributed by atoms with van der Waals surface area (Å²) in [4.78, 5) is 0.384. The maximum atomic E-state index is 11.5. The summed E-state index contributed by atoms with van der Waals surface area (Å²) in [5.74, 6) is 0.524. The third-order valence-electron chi connectivity index (χ3n) is 3.49. The van der Waals surface area contributed by atoms with Gasteiger partial charge >= 0.3 is 0 Å². The zero-order valence-corrected chi connectivity index (χ0v) is 13.1. The molecule has 0 bridgehead atoms. The summed E-state index contributed by atoms with van der Waals surface area (Å²) in [7, 11) is -3.11. The smallest absolute Gasteiger partial charge is 0.175 e. The van der Waals surface area contributed by atoms with E-state index in [4.69, 9.17) is 0 Å². The van der Waals surface area contributed by atoms with Gasteiger partial charge in [0.25, 0.3) is 0 Å². The summed E-state index contributed by atoms with van der Waals surface area (Å²) >= 11 is 0. The molecule has 1 aromatic carbocycles. The fourth-order valence-electron chi connectivity index (χ4n) is 2.11. The topological polar surface area (TPSA) is 46.2 Å². The van der Waals surface area contributed by atoms with Gasteiger partial charge in [0, 0.05) is 12.3 Å². The number of rotatable bonds is 7. The van der Waals surface area contributed by atoms with Gasteiger partial charge in [-0.15, -0.1) is 0 Å². The van der Waals surface area contributed by atoms with E-state index < -0.39 is 9.84 Å².